The zero-order valence-corrected chi connectivity index (χ0v) is 14.3. The molecule has 2 fully saturated rings. The summed E-state index contributed by atoms with van der Waals surface area (Å²) in [6.45, 7) is 6.16. The fraction of sp³-hybridized carbons (Fsp3) is 0.632. The van der Waals surface area contributed by atoms with Gasteiger partial charge in [0.15, 0.2) is 0 Å². The van der Waals surface area contributed by atoms with Gasteiger partial charge in [0.1, 0.15) is 0 Å². The van der Waals surface area contributed by atoms with Gasteiger partial charge in [0.25, 0.3) is 0 Å². The van der Waals surface area contributed by atoms with Crippen LogP contribution in [0.2, 0.25) is 0 Å². The number of benzene rings is 1. The smallest absolute Gasteiger partial charge is 0.227 e. The highest BCUT2D eigenvalue weighted by Crippen LogP contribution is 2.28. The number of piperidine rings is 1. The van der Waals surface area contributed by atoms with Crippen LogP contribution in [-0.4, -0.2) is 36.0 Å². The van der Waals surface area contributed by atoms with Crippen LogP contribution in [0, 0.1) is 19.8 Å². The molecule has 2 unspecified atom stereocenters. The third kappa shape index (κ3) is 3.75. The maximum Gasteiger partial charge on any atom is 0.227 e. The van der Waals surface area contributed by atoms with E-state index in [0.717, 1.165) is 55.6 Å². The van der Waals surface area contributed by atoms with Gasteiger partial charge in [-0.05, 0) is 70.2 Å². The van der Waals surface area contributed by atoms with E-state index in [1.165, 1.54) is 6.42 Å². The highest BCUT2D eigenvalue weighted by Gasteiger charge is 2.32. The summed E-state index contributed by atoms with van der Waals surface area (Å²) in [6, 6.07) is 7.16. The SMILES string of the molecule is Cc1cccc(C)c1NC(=O)C1CCN(C2CCC(N)C2)CC1. The number of amides is 1. The molecule has 2 atom stereocenters. The van der Waals surface area contributed by atoms with Crippen molar-refractivity contribution in [1.82, 2.24) is 4.90 Å². The zero-order valence-electron chi connectivity index (χ0n) is 14.3. The second-order valence-corrected chi connectivity index (χ2v) is 7.29. The maximum atomic E-state index is 12.6. The van der Waals surface area contributed by atoms with Crippen molar-refractivity contribution in [3.05, 3.63) is 29.3 Å². The van der Waals surface area contributed by atoms with Gasteiger partial charge in [-0.1, -0.05) is 18.2 Å². The van der Waals surface area contributed by atoms with Gasteiger partial charge in [-0.25, -0.2) is 0 Å². The normalized spacial score (nSPS) is 26.4. The van der Waals surface area contributed by atoms with Gasteiger partial charge >= 0.3 is 0 Å². The summed E-state index contributed by atoms with van der Waals surface area (Å²) in [5.41, 5.74) is 9.29. The molecule has 1 saturated heterocycles. The van der Waals surface area contributed by atoms with Crippen LogP contribution in [-0.2, 0) is 4.79 Å². The molecule has 0 radical (unpaired) electrons. The molecule has 2 aliphatic rings. The van der Waals surface area contributed by atoms with Crippen molar-refractivity contribution in [1.29, 1.82) is 0 Å². The van der Waals surface area contributed by atoms with Crippen molar-refractivity contribution >= 4 is 11.6 Å². The van der Waals surface area contributed by atoms with Gasteiger partial charge < -0.3 is 16.0 Å². The number of likely N-dealkylation sites (tertiary alicyclic amines) is 1. The molecule has 23 heavy (non-hydrogen) atoms. The van der Waals surface area contributed by atoms with Gasteiger partial charge in [0.05, 0.1) is 0 Å². The van der Waals surface area contributed by atoms with E-state index in [2.05, 4.69) is 36.2 Å². The minimum absolute atomic E-state index is 0.139. The summed E-state index contributed by atoms with van der Waals surface area (Å²) in [5, 5.41) is 3.16. The van der Waals surface area contributed by atoms with Crippen LogP contribution in [0.25, 0.3) is 0 Å². The van der Waals surface area contributed by atoms with Crippen molar-refractivity contribution in [2.24, 2.45) is 11.7 Å². The molecule has 1 heterocycles. The summed E-state index contributed by atoms with van der Waals surface area (Å²) in [4.78, 5) is 15.2. The summed E-state index contributed by atoms with van der Waals surface area (Å²) in [7, 11) is 0. The molecular weight excluding hydrogens is 286 g/mol. The van der Waals surface area contributed by atoms with Gasteiger partial charge in [-0.3, -0.25) is 4.79 Å². The first-order valence-electron chi connectivity index (χ1n) is 8.91. The molecule has 1 aliphatic carbocycles. The van der Waals surface area contributed by atoms with Crippen molar-refractivity contribution in [3.63, 3.8) is 0 Å². The standard InChI is InChI=1S/C19H29N3O/c1-13-4-3-5-14(2)18(13)21-19(23)15-8-10-22(11-9-15)17-7-6-16(20)12-17/h3-5,15-17H,6-12,20H2,1-2H3,(H,21,23). The lowest BCUT2D eigenvalue weighted by Gasteiger charge is -2.35. The highest BCUT2D eigenvalue weighted by atomic mass is 16.1. The summed E-state index contributed by atoms with van der Waals surface area (Å²) < 4.78 is 0. The van der Waals surface area contributed by atoms with Crippen LogP contribution in [0.5, 0.6) is 0 Å². The number of anilines is 1. The van der Waals surface area contributed by atoms with Crippen LogP contribution >= 0.6 is 0 Å². The van der Waals surface area contributed by atoms with Crippen LogP contribution in [0.1, 0.15) is 43.2 Å². The Morgan fingerprint density at radius 3 is 2.35 bits per heavy atom. The lowest BCUT2D eigenvalue weighted by molar-refractivity contribution is -0.121. The second-order valence-electron chi connectivity index (χ2n) is 7.29. The molecule has 1 aromatic carbocycles. The molecule has 4 heteroatoms. The molecule has 4 nitrogen and oxygen atoms in total. The molecule has 0 spiro atoms. The number of aryl methyl sites for hydroxylation is 2. The minimum atomic E-state index is 0.139. The van der Waals surface area contributed by atoms with Crippen LogP contribution in [0.15, 0.2) is 18.2 Å². The van der Waals surface area contributed by atoms with Gasteiger partial charge in [0.2, 0.25) is 5.91 Å². The molecule has 1 amide bonds. The Balaban J connectivity index is 1.54. The Morgan fingerprint density at radius 1 is 1.13 bits per heavy atom. The first-order chi connectivity index (χ1) is 11.0. The topological polar surface area (TPSA) is 58.4 Å². The van der Waals surface area contributed by atoms with Crippen molar-refractivity contribution in [3.8, 4) is 0 Å². The number of rotatable bonds is 3. The molecule has 1 aromatic rings. The molecule has 3 N–H and O–H groups in total. The number of carbonyl (C=O) groups excluding carboxylic acids is 1. The summed E-state index contributed by atoms with van der Waals surface area (Å²) >= 11 is 0. The van der Waals surface area contributed by atoms with E-state index in [9.17, 15) is 4.79 Å². The van der Waals surface area contributed by atoms with E-state index >= 15 is 0 Å². The average Bonchev–Trinajstić information content (AvgIpc) is 2.97. The van der Waals surface area contributed by atoms with E-state index in [1.54, 1.807) is 0 Å². The number of carbonyl (C=O) groups is 1. The number of nitrogens with zero attached hydrogens (tertiary/aromatic N) is 1. The quantitative estimate of drug-likeness (QED) is 0.902. The second kappa shape index (κ2) is 7.02. The highest BCUT2D eigenvalue weighted by molar-refractivity contribution is 5.94. The Morgan fingerprint density at radius 2 is 1.78 bits per heavy atom. The Kier molecular flexibility index (Phi) is 5.02. The first-order valence-corrected chi connectivity index (χ1v) is 8.91. The van der Waals surface area contributed by atoms with Gasteiger partial charge in [-0.15, -0.1) is 0 Å². The summed E-state index contributed by atoms with van der Waals surface area (Å²) in [5.74, 6) is 0.325. The molecule has 1 saturated carbocycles. The molecular formula is C19H29N3O. The predicted molar refractivity (Wildman–Crippen MR) is 94.5 cm³/mol. The minimum Gasteiger partial charge on any atom is -0.328 e. The zero-order chi connectivity index (χ0) is 16.4. The number of nitrogens with two attached hydrogens (primary N) is 1. The number of hydrogen-bond acceptors (Lipinski definition) is 3. The average molecular weight is 315 g/mol. The van der Waals surface area contributed by atoms with Crippen LogP contribution in [0.4, 0.5) is 5.69 Å². The lowest BCUT2D eigenvalue weighted by Crippen LogP contribution is -2.43. The Labute approximate surface area is 139 Å². The number of para-hydroxylation sites is 1. The maximum absolute atomic E-state index is 12.6. The lowest BCUT2D eigenvalue weighted by atomic mass is 9.94. The first kappa shape index (κ1) is 16.5. The number of nitrogens with one attached hydrogen (secondary N) is 1. The van der Waals surface area contributed by atoms with Crippen LogP contribution < -0.4 is 11.1 Å². The van der Waals surface area contributed by atoms with Crippen molar-refractivity contribution in [2.45, 2.75) is 58.0 Å². The van der Waals surface area contributed by atoms with E-state index in [0.29, 0.717) is 12.1 Å². The predicted octanol–water partition coefficient (Wildman–Crippen LogP) is 2.83. The van der Waals surface area contributed by atoms with E-state index < -0.39 is 0 Å². The molecule has 0 bridgehead atoms. The van der Waals surface area contributed by atoms with Crippen molar-refractivity contribution < 1.29 is 4.79 Å². The third-order valence-corrected chi connectivity index (χ3v) is 5.59. The Bertz CT molecular complexity index is 543. The van der Waals surface area contributed by atoms with Crippen molar-refractivity contribution in [2.75, 3.05) is 18.4 Å². The van der Waals surface area contributed by atoms with E-state index in [1.807, 2.05) is 6.07 Å². The molecule has 1 aliphatic heterocycles. The summed E-state index contributed by atoms with van der Waals surface area (Å²) in [6.07, 6.45) is 5.42. The molecule has 126 valence electrons. The monoisotopic (exact) mass is 315 g/mol. The largest absolute Gasteiger partial charge is 0.328 e. The fourth-order valence-electron chi connectivity index (χ4n) is 4.09. The number of hydrogen-bond donors (Lipinski definition) is 2. The molecule has 0 aromatic heterocycles. The molecule has 3 rings (SSSR count). The van der Waals surface area contributed by atoms with Crippen LogP contribution in [0.3, 0.4) is 0 Å². The van der Waals surface area contributed by atoms with E-state index in [4.69, 9.17) is 5.73 Å². The fourth-order valence-corrected chi connectivity index (χ4v) is 4.09. The van der Waals surface area contributed by atoms with Gasteiger partial charge in [-0.2, -0.15) is 0 Å². The third-order valence-electron chi connectivity index (χ3n) is 5.59. The van der Waals surface area contributed by atoms with Gasteiger partial charge in [0, 0.05) is 23.7 Å². The van der Waals surface area contributed by atoms with E-state index in [-0.39, 0.29) is 11.8 Å². The Hall–Kier alpha value is -1.39.